The number of hydrogen-bond donors (Lipinski definition) is 0. The molecule has 0 N–H and O–H groups in total. The average molecular weight is 481 g/mol. The topological polar surface area (TPSA) is 181 Å². The van der Waals surface area contributed by atoms with Gasteiger partial charge in [0.1, 0.15) is 0 Å². The third-order valence-electron chi connectivity index (χ3n) is 4.68. The van der Waals surface area contributed by atoms with Gasteiger partial charge in [-0.1, -0.05) is 36.4 Å². The van der Waals surface area contributed by atoms with Gasteiger partial charge in [0.05, 0.1) is 4.90 Å². The molecule has 0 bridgehead atoms. The summed E-state index contributed by atoms with van der Waals surface area (Å²) in [6.45, 7) is 0. The number of ketones is 2. The molecule has 0 spiro atoms. The van der Waals surface area contributed by atoms with Crippen LogP contribution in [0, 0.1) is 0 Å². The average Bonchev–Trinajstić information content (AvgIpc) is 2.79. The minimum Gasteiger partial charge on any atom is -0.768 e. The molecule has 166 valence electrons. The molecule has 0 aliphatic heterocycles. The zero-order valence-corrected chi connectivity index (χ0v) is 18.5. The highest BCUT2D eigenvalue weighted by Gasteiger charge is 2.30. The summed E-state index contributed by atoms with van der Waals surface area (Å²) in [6, 6.07) is 10.7. The molecule has 1 atom stereocenters. The Kier molecular flexibility index (Phi) is 6.68. The lowest BCUT2D eigenvalue weighted by atomic mass is 9.95. The Hall–Kier alpha value is -3.92. The number of rotatable bonds is 2. The fraction of sp³-hybridized carbons (Fsp3) is 0.0476. The molecular formula is C21H13N4O6S2-. The molecule has 0 fully saturated rings. The molecule has 4 rings (SSSR count). The van der Waals surface area contributed by atoms with Crippen LogP contribution in [-0.2, 0) is 20.9 Å². The fourth-order valence-electron chi connectivity index (χ4n) is 3.21. The van der Waals surface area contributed by atoms with Crippen LogP contribution in [0.15, 0.2) is 59.5 Å². The van der Waals surface area contributed by atoms with Gasteiger partial charge in [-0.05, 0) is 23.2 Å². The molecular weight excluding hydrogens is 468 g/mol. The number of benzene rings is 2. The van der Waals surface area contributed by atoms with Crippen molar-refractivity contribution in [3.63, 3.8) is 0 Å². The number of Topliss-reactive ketones (excluding diaryl/α,β-unsaturated/α-hetero) is 2. The van der Waals surface area contributed by atoms with E-state index in [4.69, 9.17) is 11.1 Å². The van der Waals surface area contributed by atoms with Gasteiger partial charge >= 0.3 is 11.4 Å². The first-order valence-electron chi connectivity index (χ1n) is 9.05. The fourth-order valence-corrected chi connectivity index (χ4v) is 4.67. The summed E-state index contributed by atoms with van der Waals surface area (Å²) >= 11 is -2.48. The second kappa shape index (κ2) is 9.29. The van der Waals surface area contributed by atoms with Gasteiger partial charge in [-0.2, -0.15) is 9.58 Å². The van der Waals surface area contributed by atoms with Crippen molar-refractivity contribution >= 4 is 54.9 Å². The van der Waals surface area contributed by atoms with E-state index in [-0.39, 0.29) is 32.4 Å². The predicted octanol–water partition coefficient (Wildman–Crippen LogP) is 1.74. The van der Waals surface area contributed by atoms with Crippen LogP contribution in [0.3, 0.4) is 0 Å². The van der Waals surface area contributed by atoms with Crippen molar-refractivity contribution < 1.29 is 36.3 Å². The van der Waals surface area contributed by atoms with Crippen LogP contribution in [0.2, 0.25) is 0 Å². The van der Waals surface area contributed by atoms with Crippen molar-refractivity contribution in [2.24, 2.45) is 0 Å². The summed E-state index contributed by atoms with van der Waals surface area (Å²) in [5, 5.41) is 0. The van der Waals surface area contributed by atoms with Gasteiger partial charge in [0.25, 0.3) is 11.6 Å². The molecule has 0 saturated heterocycles. The van der Waals surface area contributed by atoms with E-state index in [1.165, 1.54) is 42.5 Å². The Labute approximate surface area is 190 Å². The van der Waals surface area contributed by atoms with Crippen molar-refractivity contribution in [2.75, 3.05) is 6.26 Å². The summed E-state index contributed by atoms with van der Waals surface area (Å²) < 4.78 is 45.0. The summed E-state index contributed by atoms with van der Waals surface area (Å²) in [4.78, 5) is 29.1. The number of sulfone groups is 1. The second-order valence-corrected chi connectivity index (χ2v) is 9.63. The van der Waals surface area contributed by atoms with Crippen LogP contribution >= 0.6 is 0 Å². The van der Waals surface area contributed by atoms with E-state index in [0.717, 1.165) is 12.3 Å². The van der Waals surface area contributed by atoms with Crippen LogP contribution in [0.4, 0.5) is 0 Å². The number of hydrogen-bond acceptors (Lipinski definition) is 6. The maximum absolute atomic E-state index is 11.8. The maximum Gasteiger partial charge on any atom is 0.363 e. The minimum atomic E-state index is -3.40. The molecule has 0 aromatic heterocycles. The highest BCUT2D eigenvalue weighted by Crippen LogP contribution is 2.27. The first kappa shape index (κ1) is 23.7. The first-order valence-corrected chi connectivity index (χ1v) is 12.0. The van der Waals surface area contributed by atoms with E-state index < -0.39 is 32.5 Å². The molecule has 2 aromatic rings. The molecule has 0 saturated carbocycles. The van der Waals surface area contributed by atoms with Crippen LogP contribution in [0.25, 0.3) is 22.0 Å². The highest BCUT2D eigenvalue weighted by molar-refractivity contribution is 7.90. The van der Waals surface area contributed by atoms with Gasteiger partial charge in [0, 0.05) is 45.6 Å². The molecule has 10 nitrogen and oxygen atoms in total. The predicted molar refractivity (Wildman–Crippen MR) is 118 cm³/mol. The van der Waals surface area contributed by atoms with Crippen molar-refractivity contribution in [3.8, 4) is 0 Å². The second-order valence-electron chi connectivity index (χ2n) is 6.74. The van der Waals surface area contributed by atoms with Crippen molar-refractivity contribution in [1.82, 2.24) is 0 Å². The van der Waals surface area contributed by atoms with E-state index in [9.17, 15) is 26.8 Å². The Morgan fingerprint density at radius 1 is 0.848 bits per heavy atom. The lowest BCUT2D eigenvalue weighted by molar-refractivity contribution is -0.00459. The normalized spacial score (nSPS) is 15.3. The third-order valence-corrected chi connectivity index (χ3v) is 6.54. The number of fused-ring (bicyclic) bond motifs is 2. The lowest BCUT2D eigenvalue weighted by Gasteiger charge is -2.15. The number of allylic oxidation sites excluding steroid dienone is 2. The monoisotopic (exact) mass is 481 g/mol. The third kappa shape index (κ3) is 4.65. The molecule has 2 aromatic carbocycles. The Morgan fingerprint density at radius 3 is 2.00 bits per heavy atom. The SMILES string of the molecule is CS(=O)(=O)c1cccc2c1C=CC(=[N+]=[N-])C2=O.[N-]=[N+]=C1C=C(S(=O)[O-])c2ccccc2C1=O. The van der Waals surface area contributed by atoms with Gasteiger partial charge in [-0.3, -0.25) is 13.8 Å². The van der Waals surface area contributed by atoms with Crippen molar-refractivity contribution in [2.45, 2.75) is 4.90 Å². The molecule has 12 heteroatoms. The largest absolute Gasteiger partial charge is 0.768 e. The van der Waals surface area contributed by atoms with Crippen molar-refractivity contribution in [3.05, 3.63) is 87.9 Å². The van der Waals surface area contributed by atoms with Gasteiger partial charge in [0.15, 0.2) is 9.84 Å². The van der Waals surface area contributed by atoms with Crippen LogP contribution < -0.4 is 0 Å². The van der Waals surface area contributed by atoms with Gasteiger partial charge in [0.2, 0.25) is 0 Å². The van der Waals surface area contributed by atoms with Crippen molar-refractivity contribution in [1.29, 1.82) is 0 Å². The van der Waals surface area contributed by atoms with Gasteiger partial charge in [-0.15, -0.1) is 0 Å². The molecule has 0 amide bonds. The summed E-state index contributed by atoms with van der Waals surface area (Å²) in [5.41, 5.74) is 17.9. The standard InChI is InChI=1S/C11H8N2O3S.C10H6N2O3S/c1-17(15,16)10-4-2-3-8-7(10)5-6-9(13-12)11(8)14;11-12-8-5-9(16(14)15)6-3-1-2-4-7(6)10(8)13/h2-6H,1H3;1-5H,(H,14,15)/p-1. The quantitative estimate of drug-likeness (QED) is 0.357. The Balaban J connectivity index is 0.000000186. The van der Waals surface area contributed by atoms with E-state index in [0.29, 0.717) is 11.1 Å². The number of carbonyl (C=O) groups excluding carboxylic acids is 2. The Bertz CT molecular complexity index is 1510. The van der Waals surface area contributed by atoms with E-state index in [1.807, 2.05) is 0 Å². The first-order chi connectivity index (χ1) is 15.6. The summed E-state index contributed by atoms with van der Waals surface area (Å²) in [5.74, 6) is -0.984. The molecule has 0 heterocycles. The zero-order valence-electron chi connectivity index (χ0n) is 16.8. The van der Waals surface area contributed by atoms with Gasteiger partial charge in [-0.25, -0.2) is 8.42 Å². The maximum atomic E-state index is 11.8. The minimum absolute atomic E-state index is 0.0528. The molecule has 1 unspecified atom stereocenters. The van der Waals surface area contributed by atoms with E-state index in [2.05, 4.69) is 9.58 Å². The van der Waals surface area contributed by atoms with Gasteiger partial charge < -0.3 is 15.6 Å². The van der Waals surface area contributed by atoms with E-state index >= 15 is 0 Å². The van der Waals surface area contributed by atoms with Crippen LogP contribution in [-0.4, -0.2) is 56.0 Å². The molecule has 2 aliphatic carbocycles. The summed E-state index contributed by atoms with van der Waals surface area (Å²) in [6.07, 6.45) is 4.88. The van der Waals surface area contributed by atoms with Crippen LogP contribution in [0.1, 0.15) is 31.8 Å². The van der Waals surface area contributed by atoms with Crippen LogP contribution in [0.5, 0.6) is 0 Å². The molecule has 2 aliphatic rings. The number of carbonyl (C=O) groups is 2. The number of nitrogens with zero attached hydrogens (tertiary/aromatic N) is 4. The smallest absolute Gasteiger partial charge is 0.363 e. The Morgan fingerprint density at radius 2 is 1.42 bits per heavy atom. The highest BCUT2D eigenvalue weighted by atomic mass is 32.2. The molecule has 33 heavy (non-hydrogen) atoms. The zero-order chi connectivity index (χ0) is 24.3. The molecule has 0 radical (unpaired) electrons. The lowest BCUT2D eigenvalue weighted by Crippen LogP contribution is -2.20. The summed E-state index contributed by atoms with van der Waals surface area (Å²) in [7, 11) is -3.40. The van der Waals surface area contributed by atoms with E-state index in [1.54, 1.807) is 12.1 Å².